The van der Waals surface area contributed by atoms with Gasteiger partial charge in [0.1, 0.15) is 30.1 Å². The number of benzene rings is 1. The molecular weight excluding hydrogens is 944 g/mol. The molecule has 26 heteroatoms. The van der Waals surface area contributed by atoms with Crippen molar-refractivity contribution in [3.8, 4) is 18.1 Å². The SMILES string of the molecule is C#CCOCCOCCOCCNc1nc(N2CCN(C(=O)[C@H](CCC(=O)O)n3cc(C(N)CO)nn3)CC2)nc(N2CCN(C(=O)[C@H](Cc3ccc(O)cc3)n3cc(C(N)CC(C)C)nn3)CC2)n1.Cl. The van der Waals surface area contributed by atoms with Crippen LogP contribution in [0.1, 0.15) is 74.2 Å². The normalized spacial score (nSPS) is 15.7. The van der Waals surface area contributed by atoms with Crippen LogP contribution >= 0.6 is 12.4 Å². The number of aromatic hydroxyl groups is 1. The number of anilines is 3. The van der Waals surface area contributed by atoms with Crippen molar-refractivity contribution in [3.63, 3.8) is 0 Å². The van der Waals surface area contributed by atoms with Gasteiger partial charge in [-0.2, -0.15) is 15.0 Å². The van der Waals surface area contributed by atoms with Crippen LogP contribution in [0.3, 0.4) is 0 Å². The van der Waals surface area contributed by atoms with Gasteiger partial charge in [-0.05, 0) is 36.5 Å². The minimum Gasteiger partial charge on any atom is -0.508 e. The molecule has 71 heavy (non-hydrogen) atoms. The van der Waals surface area contributed by atoms with E-state index in [1.807, 2.05) is 9.80 Å². The molecule has 0 saturated carbocycles. The number of nitrogens with two attached hydrogens (primary N) is 2. The van der Waals surface area contributed by atoms with E-state index in [1.165, 1.54) is 10.9 Å². The topological polar surface area (TPSA) is 317 Å². The fourth-order valence-electron chi connectivity index (χ4n) is 7.92. The summed E-state index contributed by atoms with van der Waals surface area (Å²) in [4.78, 5) is 61.8. The Morgan fingerprint density at radius 2 is 1.28 bits per heavy atom. The van der Waals surface area contributed by atoms with Crippen molar-refractivity contribution in [2.45, 2.75) is 63.7 Å². The highest BCUT2D eigenvalue weighted by Crippen LogP contribution is 2.26. The third kappa shape index (κ3) is 16.4. The molecule has 2 saturated heterocycles. The molecule has 5 heterocycles. The van der Waals surface area contributed by atoms with Gasteiger partial charge >= 0.3 is 5.97 Å². The van der Waals surface area contributed by atoms with Gasteiger partial charge in [-0.3, -0.25) is 14.4 Å². The Hall–Kier alpha value is -6.27. The summed E-state index contributed by atoms with van der Waals surface area (Å²) in [7, 11) is 0. The van der Waals surface area contributed by atoms with Gasteiger partial charge in [0, 0.05) is 71.7 Å². The molecule has 25 nitrogen and oxygen atoms in total. The van der Waals surface area contributed by atoms with E-state index in [1.54, 1.807) is 44.9 Å². The second-order valence-electron chi connectivity index (χ2n) is 17.4. The predicted octanol–water partition coefficient (Wildman–Crippen LogP) is 0.202. The number of amides is 2. The van der Waals surface area contributed by atoms with Crippen molar-refractivity contribution in [3.05, 3.63) is 53.6 Å². The van der Waals surface area contributed by atoms with E-state index in [0.717, 1.165) is 5.56 Å². The Morgan fingerprint density at radius 3 is 1.82 bits per heavy atom. The maximum absolute atomic E-state index is 14.4. The molecule has 2 aliphatic rings. The molecule has 6 rings (SSSR count). The monoisotopic (exact) mass is 1010 g/mol. The zero-order valence-electron chi connectivity index (χ0n) is 40.2. The number of hydrogen-bond acceptors (Lipinski definition) is 20. The summed E-state index contributed by atoms with van der Waals surface area (Å²) in [5.41, 5.74) is 14.1. The van der Waals surface area contributed by atoms with Crippen LogP contribution in [0.15, 0.2) is 36.7 Å². The van der Waals surface area contributed by atoms with Gasteiger partial charge < -0.3 is 65.9 Å². The van der Waals surface area contributed by atoms with Crippen molar-refractivity contribution in [2.24, 2.45) is 17.4 Å². The first kappa shape index (κ1) is 55.7. The number of ether oxygens (including phenoxy) is 3. The summed E-state index contributed by atoms with van der Waals surface area (Å²) >= 11 is 0. The van der Waals surface area contributed by atoms with Crippen LogP contribution in [0, 0.1) is 18.3 Å². The lowest BCUT2D eigenvalue weighted by Crippen LogP contribution is -2.52. The van der Waals surface area contributed by atoms with Crippen LogP contribution in [0.2, 0.25) is 0 Å². The highest BCUT2D eigenvalue weighted by molar-refractivity contribution is 5.85. The minimum atomic E-state index is -1.06. The number of aliphatic carboxylic acids is 1. The number of carbonyl (C=O) groups is 3. The number of carboxylic acid groups (broad SMARTS) is 1. The number of nitrogens with one attached hydrogen (secondary N) is 1. The number of aromatic nitrogens is 9. The molecule has 388 valence electrons. The van der Waals surface area contributed by atoms with Gasteiger partial charge in [0.2, 0.25) is 29.7 Å². The van der Waals surface area contributed by atoms with E-state index < -0.39 is 24.1 Å². The fourth-order valence-corrected chi connectivity index (χ4v) is 7.92. The van der Waals surface area contributed by atoms with Gasteiger partial charge in [0.25, 0.3) is 0 Å². The lowest BCUT2D eigenvalue weighted by Gasteiger charge is -2.38. The van der Waals surface area contributed by atoms with E-state index in [-0.39, 0.29) is 80.9 Å². The summed E-state index contributed by atoms with van der Waals surface area (Å²) in [6.07, 6.45) is 9.14. The maximum Gasteiger partial charge on any atom is 0.303 e. The third-order valence-electron chi connectivity index (χ3n) is 11.8. The first-order chi connectivity index (χ1) is 33.8. The molecule has 0 bridgehead atoms. The number of terminal acetylenes is 1. The van der Waals surface area contributed by atoms with Crippen molar-refractivity contribution in [1.82, 2.24) is 54.7 Å². The predicted molar refractivity (Wildman–Crippen MR) is 262 cm³/mol. The molecule has 4 atom stereocenters. The van der Waals surface area contributed by atoms with Crippen LogP contribution in [0.25, 0.3) is 0 Å². The first-order valence-corrected chi connectivity index (χ1v) is 23.5. The quantitative estimate of drug-likeness (QED) is 0.0343. The third-order valence-corrected chi connectivity index (χ3v) is 11.8. The molecule has 0 aliphatic carbocycles. The van der Waals surface area contributed by atoms with E-state index in [9.17, 15) is 29.7 Å². The Bertz CT molecular complexity index is 2320. The summed E-state index contributed by atoms with van der Waals surface area (Å²) in [5, 5.41) is 48.9. The molecule has 8 N–H and O–H groups in total. The number of aliphatic hydroxyl groups is 1. The number of carboxylic acids is 1. The number of halogens is 1. The Morgan fingerprint density at radius 1 is 0.761 bits per heavy atom. The Labute approximate surface area is 418 Å². The number of rotatable bonds is 27. The van der Waals surface area contributed by atoms with Crippen LogP contribution in [-0.2, 0) is 35.0 Å². The van der Waals surface area contributed by atoms with Crippen molar-refractivity contribution in [1.29, 1.82) is 0 Å². The molecular formula is C45H67ClN16O9. The molecule has 2 amide bonds. The second-order valence-corrected chi connectivity index (χ2v) is 17.4. The Balaban J connectivity index is 0.00000937. The zero-order chi connectivity index (χ0) is 50.0. The lowest BCUT2D eigenvalue weighted by molar-refractivity contribution is -0.139. The van der Waals surface area contributed by atoms with Crippen LogP contribution in [-0.4, -0.2) is 193 Å². The average Bonchev–Trinajstić information content (AvgIpc) is 4.07. The molecule has 1 aromatic carbocycles. The van der Waals surface area contributed by atoms with Gasteiger partial charge in [-0.25, -0.2) is 9.36 Å². The van der Waals surface area contributed by atoms with E-state index >= 15 is 0 Å². The smallest absolute Gasteiger partial charge is 0.303 e. The molecule has 2 fully saturated rings. The summed E-state index contributed by atoms with van der Waals surface area (Å²) < 4.78 is 19.4. The highest BCUT2D eigenvalue weighted by Gasteiger charge is 2.34. The Kier molecular flexibility index (Phi) is 21.9. The largest absolute Gasteiger partial charge is 0.508 e. The minimum absolute atomic E-state index is 0. The zero-order valence-corrected chi connectivity index (χ0v) is 41.1. The number of aliphatic hydroxyl groups excluding tert-OH is 1. The number of hydrogen-bond donors (Lipinski definition) is 6. The number of carbonyl (C=O) groups excluding carboxylic acids is 2. The van der Waals surface area contributed by atoms with Crippen molar-refractivity contribution < 1.29 is 43.9 Å². The molecule has 2 aliphatic heterocycles. The van der Waals surface area contributed by atoms with Crippen LogP contribution < -0.4 is 26.6 Å². The number of phenols is 1. The first-order valence-electron chi connectivity index (χ1n) is 23.5. The lowest BCUT2D eigenvalue weighted by atomic mass is 10.0. The summed E-state index contributed by atoms with van der Waals surface area (Å²) in [6.45, 7) is 9.06. The number of piperazine rings is 2. The van der Waals surface area contributed by atoms with Gasteiger partial charge in [-0.15, -0.1) is 29.0 Å². The van der Waals surface area contributed by atoms with Crippen LogP contribution in [0.4, 0.5) is 17.8 Å². The number of nitrogens with zero attached hydrogens (tertiary/aromatic N) is 13. The van der Waals surface area contributed by atoms with E-state index in [0.29, 0.717) is 121 Å². The molecule has 3 aromatic heterocycles. The number of phenolic OH excluding ortho intramolecular Hbond substituents is 1. The second kappa shape index (κ2) is 27.9. The molecule has 0 spiro atoms. The maximum atomic E-state index is 14.4. The summed E-state index contributed by atoms with van der Waals surface area (Å²) in [5.74, 6) is 2.44. The van der Waals surface area contributed by atoms with Crippen molar-refractivity contribution >= 4 is 48.0 Å². The standard InChI is InChI=1S/C45H66N16O9.ClH/c1-4-20-68-22-24-70-25-23-69-21-11-48-43-49-44(58-16-12-56(13-17-58)41(66)38(9-10-40(64)65)60-29-37(53-54-60)35(47)30-62)51-45(50-43)59-18-14-57(15-19-59)42(67)39(27-32-5-7-33(63)8-6-32)61-28-36(52-55-61)34(46)26-31(2)3;/h1,5-8,28-29,31,34-35,38-39,62-63H,9-27,30,46-47H2,2-3H3,(H,64,65)(H,48,49,50,51);1H/t34?,35?,38-,39-;/m0./s1. The summed E-state index contributed by atoms with van der Waals surface area (Å²) in [6, 6.07) is 3.93. The molecule has 4 aromatic rings. The molecule has 0 radical (unpaired) electrons. The van der Waals surface area contributed by atoms with Crippen LogP contribution in [0.5, 0.6) is 5.75 Å². The van der Waals surface area contributed by atoms with E-state index in [4.69, 9.17) is 47.1 Å². The average molecular weight is 1010 g/mol. The van der Waals surface area contributed by atoms with Crippen molar-refractivity contribution in [2.75, 3.05) is 120 Å². The van der Waals surface area contributed by atoms with Gasteiger partial charge in [0.05, 0.1) is 69.8 Å². The van der Waals surface area contributed by atoms with Gasteiger partial charge in [-0.1, -0.05) is 42.3 Å². The fraction of sp³-hybridized carbons (Fsp3) is 0.600. The van der Waals surface area contributed by atoms with E-state index in [2.05, 4.69) is 45.7 Å². The molecule has 2 unspecified atom stereocenters. The highest BCUT2D eigenvalue weighted by atomic mass is 35.5. The van der Waals surface area contributed by atoms with Gasteiger partial charge in [0.15, 0.2) is 0 Å².